The predicted octanol–water partition coefficient (Wildman–Crippen LogP) is 1.95. The number of hydrogen-bond acceptors (Lipinski definition) is 3. The first-order chi connectivity index (χ1) is 6.61. The van der Waals surface area contributed by atoms with E-state index in [0.29, 0.717) is 19.3 Å². The summed E-state index contributed by atoms with van der Waals surface area (Å²) in [7, 11) is 0. The SMILES string of the molecule is C=COC(=O)C(CC)CCCC(=O)O. The van der Waals surface area contributed by atoms with Crippen LogP contribution >= 0.6 is 0 Å². The fourth-order valence-corrected chi connectivity index (χ4v) is 1.17. The Morgan fingerprint density at radius 3 is 2.64 bits per heavy atom. The highest BCUT2D eigenvalue weighted by atomic mass is 16.5. The van der Waals surface area contributed by atoms with Crippen molar-refractivity contribution in [3.05, 3.63) is 12.8 Å². The topological polar surface area (TPSA) is 63.6 Å². The third-order valence-corrected chi connectivity index (χ3v) is 1.97. The van der Waals surface area contributed by atoms with Crippen LogP contribution in [0.15, 0.2) is 12.8 Å². The van der Waals surface area contributed by atoms with Crippen LogP contribution in [0.25, 0.3) is 0 Å². The molecule has 1 unspecified atom stereocenters. The monoisotopic (exact) mass is 200 g/mol. The van der Waals surface area contributed by atoms with Gasteiger partial charge in [-0.05, 0) is 19.3 Å². The molecule has 0 aromatic heterocycles. The maximum Gasteiger partial charge on any atom is 0.313 e. The average molecular weight is 200 g/mol. The molecule has 0 aromatic carbocycles. The quantitative estimate of drug-likeness (QED) is 0.504. The lowest BCUT2D eigenvalue weighted by Gasteiger charge is -2.10. The minimum absolute atomic E-state index is 0.0951. The van der Waals surface area contributed by atoms with Crippen LogP contribution in [0, 0.1) is 5.92 Å². The van der Waals surface area contributed by atoms with E-state index in [1.807, 2.05) is 6.92 Å². The van der Waals surface area contributed by atoms with Gasteiger partial charge in [0.25, 0.3) is 0 Å². The zero-order valence-corrected chi connectivity index (χ0v) is 8.36. The normalized spacial score (nSPS) is 11.8. The Morgan fingerprint density at radius 1 is 1.57 bits per heavy atom. The number of rotatable bonds is 7. The molecule has 0 saturated carbocycles. The van der Waals surface area contributed by atoms with Crippen LogP contribution in [0.3, 0.4) is 0 Å². The number of ether oxygens (including phenoxy) is 1. The molecule has 0 spiro atoms. The third-order valence-electron chi connectivity index (χ3n) is 1.97. The van der Waals surface area contributed by atoms with Gasteiger partial charge in [0.1, 0.15) is 0 Å². The summed E-state index contributed by atoms with van der Waals surface area (Å²) in [4.78, 5) is 21.4. The molecule has 0 fully saturated rings. The van der Waals surface area contributed by atoms with E-state index < -0.39 is 5.97 Å². The van der Waals surface area contributed by atoms with E-state index in [9.17, 15) is 9.59 Å². The molecule has 0 radical (unpaired) electrons. The number of hydrogen-bond donors (Lipinski definition) is 1. The van der Waals surface area contributed by atoms with E-state index in [4.69, 9.17) is 5.11 Å². The Labute approximate surface area is 83.6 Å². The molecule has 80 valence electrons. The van der Waals surface area contributed by atoms with Gasteiger partial charge in [0.15, 0.2) is 0 Å². The van der Waals surface area contributed by atoms with Crippen molar-refractivity contribution in [2.45, 2.75) is 32.6 Å². The second kappa shape index (κ2) is 7.12. The van der Waals surface area contributed by atoms with Crippen molar-refractivity contribution in [3.8, 4) is 0 Å². The van der Waals surface area contributed by atoms with Crippen LogP contribution in [0.2, 0.25) is 0 Å². The summed E-state index contributed by atoms with van der Waals surface area (Å²) in [6, 6.07) is 0. The molecule has 4 heteroatoms. The molecule has 14 heavy (non-hydrogen) atoms. The molecule has 0 rings (SSSR count). The number of esters is 1. The van der Waals surface area contributed by atoms with Crippen molar-refractivity contribution in [1.29, 1.82) is 0 Å². The van der Waals surface area contributed by atoms with Gasteiger partial charge < -0.3 is 9.84 Å². The van der Waals surface area contributed by atoms with E-state index >= 15 is 0 Å². The second-order valence-corrected chi connectivity index (χ2v) is 2.99. The van der Waals surface area contributed by atoms with E-state index in [1.165, 1.54) is 0 Å². The summed E-state index contributed by atoms with van der Waals surface area (Å²) >= 11 is 0. The molecule has 4 nitrogen and oxygen atoms in total. The lowest BCUT2D eigenvalue weighted by atomic mass is 9.99. The van der Waals surface area contributed by atoms with Gasteiger partial charge in [0, 0.05) is 6.42 Å². The molecular formula is C10H16O4. The van der Waals surface area contributed by atoms with Crippen LogP contribution in [0.4, 0.5) is 0 Å². The zero-order valence-electron chi connectivity index (χ0n) is 8.36. The molecule has 1 atom stereocenters. The third kappa shape index (κ3) is 5.35. The lowest BCUT2D eigenvalue weighted by Crippen LogP contribution is -2.15. The Hall–Kier alpha value is -1.32. The molecule has 0 saturated heterocycles. The Balaban J connectivity index is 3.83. The van der Waals surface area contributed by atoms with Crippen LogP contribution in [-0.2, 0) is 14.3 Å². The van der Waals surface area contributed by atoms with Crippen molar-refractivity contribution in [2.24, 2.45) is 5.92 Å². The summed E-state index contributed by atoms with van der Waals surface area (Å²) in [6.07, 6.45) is 2.90. The van der Waals surface area contributed by atoms with Gasteiger partial charge in [-0.1, -0.05) is 13.5 Å². The van der Waals surface area contributed by atoms with Crippen molar-refractivity contribution in [3.63, 3.8) is 0 Å². The number of carboxylic acid groups (broad SMARTS) is 1. The smallest absolute Gasteiger partial charge is 0.313 e. The Kier molecular flexibility index (Phi) is 6.45. The Bertz CT molecular complexity index is 210. The minimum Gasteiger partial charge on any atom is -0.481 e. The molecule has 0 heterocycles. The standard InChI is InChI=1S/C10H16O4/c1-3-8(10(13)14-4-2)6-5-7-9(11)12/h4,8H,2-3,5-7H2,1H3,(H,11,12). The van der Waals surface area contributed by atoms with Gasteiger partial charge in [-0.2, -0.15) is 0 Å². The van der Waals surface area contributed by atoms with Crippen molar-refractivity contribution in [2.75, 3.05) is 0 Å². The van der Waals surface area contributed by atoms with E-state index in [2.05, 4.69) is 11.3 Å². The van der Waals surface area contributed by atoms with Crippen molar-refractivity contribution < 1.29 is 19.4 Å². The summed E-state index contributed by atoms with van der Waals surface area (Å²) in [5.41, 5.74) is 0. The van der Waals surface area contributed by atoms with Crippen LogP contribution in [0.1, 0.15) is 32.6 Å². The van der Waals surface area contributed by atoms with Crippen LogP contribution in [0.5, 0.6) is 0 Å². The molecule has 0 bridgehead atoms. The average Bonchev–Trinajstić information content (AvgIpc) is 2.12. The summed E-state index contributed by atoms with van der Waals surface area (Å²) < 4.78 is 4.63. The first-order valence-electron chi connectivity index (χ1n) is 4.65. The fourth-order valence-electron chi connectivity index (χ4n) is 1.17. The summed E-state index contributed by atoms with van der Waals surface area (Å²) in [5.74, 6) is -1.38. The highest BCUT2D eigenvalue weighted by molar-refractivity contribution is 5.73. The summed E-state index contributed by atoms with van der Waals surface area (Å²) in [6.45, 7) is 5.16. The summed E-state index contributed by atoms with van der Waals surface area (Å²) in [5, 5.41) is 8.41. The second-order valence-electron chi connectivity index (χ2n) is 2.99. The highest BCUT2D eigenvalue weighted by Crippen LogP contribution is 2.14. The van der Waals surface area contributed by atoms with Gasteiger partial charge >= 0.3 is 11.9 Å². The van der Waals surface area contributed by atoms with Crippen molar-refractivity contribution >= 4 is 11.9 Å². The highest BCUT2D eigenvalue weighted by Gasteiger charge is 2.17. The first kappa shape index (κ1) is 12.7. The zero-order chi connectivity index (χ0) is 11.0. The number of aliphatic carboxylic acids is 1. The molecule has 0 aromatic rings. The van der Waals surface area contributed by atoms with E-state index in [0.717, 1.165) is 6.26 Å². The van der Waals surface area contributed by atoms with Crippen molar-refractivity contribution in [1.82, 2.24) is 0 Å². The fraction of sp³-hybridized carbons (Fsp3) is 0.600. The number of carbonyl (C=O) groups excluding carboxylic acids is 1. The van der Waals surface area contributed by atoms with Gasteiger partial charge in [-0.3, -0.25) is 9.59 Å². The van der Waals surface area contributed by atoms with Gasteiger partial charge in [0.05, 0.1) is 12.2 Å². The molecule has 0 aliphatic heterocycles. The maximum absolute atomic E-state index is 11.2. The van der Waals surface area contributed by atoms with Gasteiger partial charge in [-0.15, -0.1) is 0 Å². The minimum atomic E-state index is -0.836. The van der Waals surface area contributed by atoms with Crippen LogP contribution in [-0.4, -0.2) is 17.0 Å². The Morgan fingerprint density at radius 2 is 2.21 bits per heavy atom. The molecule has 0 aliphatic carbocycles. The van der Waals surface area contributed by atoms with Gasteiger partial charge in [0.2, 0.25) is 0 Å². The maximum atomic E-state index is 11.2. The molecule has 0 amide bonds. The number of carboxylic acids is 1. The lowest BCUT2D eigenvalue weighted by molar-refractivity contribution is -0.144. The van der Waals surface area contributed by atoms with E-state index in [-0.39, 0.29) is 18.3 Å². The molecule has 0 aliphatic rings. The first-order valence-corrected chi connectivity index (χ1v) is 4.65. The number of carbonyl (C=O) groups is 2. The predicted molar refractivity (Wildman–Crippen MR) is 51.6 cm³/mol. The molecule has 1 N–H and O–H groups in total. The van der Waals surface area contributed by atoms with E-state index in [1.54, 1.807) is 0 Å². The van der Waals surface area contributed by atoms with Gasteiger partial charge in [-0.25, -0.2) is 0 Å². The largest absolute Gasteiger partial charge is 0.481 e. The van der Waals surface area contributed by atoms with Crippen LogP contribution < -0.4 is 0 Å². The molecular weight excluding hydrogens is 184 g/mol.